The number of aliphatic hydroxyl groups is 1. The normalized spacial score (nSPS) is 10.9. The van der Waals surface area contributed by atoms with E-state index in [2.05, 4.69) is 10.6 Å². The largest absolute Gasteiger partial charge is 0.490 e. The second kappa shape index (κ2) is 12.1. The number of hydrogen-bond donors (Lipinski definition) is 3. The van der Waals surface area contributed by atoms with E-state index in [4.69, 9.17) is 37.8 Å². The summed E-state index contributed by atoms with van der Waals surface area (Å²) in [5, 5.41) is 16.0. The van der Waals surface area contributed by atoms with Crippen molar-refractivity contribution in [1.82, 2.24) is 10.6 Å². The number of aliphatic hydroxyl groups excluding tert-OH is 1. The molecule has 0 radical (unpaired) electrons. The van der Waals surface area contributed by atoms with E-state index in [1.54, 1.807) is 12.1 Å². The van der Waals surface area contributed by atoms with Crippen molar-refractivity contribution in [2.45, 2.75) is 20.1 Å². The molecular weight excluding hydrogens is 406 g/mol. The Hall–Kier alpha value is -1.57. The predicted molar refractivity (Wildman–Crippen MR) is 110 cm³/mol. The van der Waals surface area contributed by atoms with E-state index in [1.165, 1.54) is 12.1 Å². The first-order valence-electron chi connectivity index (χ1n) is 9.09. The molecule has 2 aromatic carbocycles. The van der Waals surface area contributed by atoms with Crippen molar-refractivity contribution in [3.8, 4) is 11.5 Å². The summed E-state index contributed by atoms with van der Waals surface area (Å²) in [5.74, 6) is 0.691. The Balaban J connectivity index is 2.02. The lowest BCUT2D eigenvalue weighted by molar-refractivity contribution is 0.269. The quantitative estimate of drug-likeness (QED) is 0.447. The van der Waals surface area contributed by atoms with Gasteiger partial charge in [0, 0.05) is 42.8 Å². The van der Waals surface area contributed by atoms with Crippen LogP contribution in [-0.2, 0) is 13.2 Å². The van der Waals surface area contributed by atoms with Gasteiger partial charge in [-0.2, -0.15) is 0 Å². The lowest BCUT2D eigenvalue weighted by Gasteiger charge is -2.16. The summed E-state index contributed by atoms with van der Waals surface area (Å²) in [6.45, 7) is 5.29. The maximum atomic E-state index is 13.2. The first kappa shape index (κ1) is 22.7. The van der Waals surface area contributed by atoms with Gasteiger partial charge in [0.2, 0.25) is 0 Å². The zero-order valence-electron chi connectivity index (χ0n) is 15.7. The summed E-state index contributed by atoms with van der Waals surface area (Å²) < 4.78 is 24.7. The average Bonchev–Trinajstić information content (AvgIpc) is 2.66. The van der Waals surface area contributed by atoms with Crippen molar-refractivity contribution < 1.29 is 19.0 Å². The number of rotatable bonds is 12. The van der Waals surface area contributed by atoms with E-state index in [9.17, 15) is 4.39 Å². The second-order valence-electron chi connectivity index (χ2n) is 6.00. The highest BCUT2D eigenvalue weighted by Gasteiger charge is 2.12. The number of halogens is 3. The molecule has 0 aliphatic carbocycles. The maximum absolute atomic E-state index is 13.2. The summed E-state index contributed by atoms with van der Waals surface area (Å²) in [7, 11) is 0. The van der Waals surface area contributed by atoms with Crippen LogP contribution in [0.1, 0.15) is 18.1 Å². The van der Waals surface area contributed by atoms with E-state index in [0.717, 1.165) is 18.7 Å². The van der Waals surface area contributed by atoms with Crippen molar-refractivity contribution in [3.63, 3.8) is 0 Å². The van der Waals surface area contributed by atoms with Gasteiger partial charge in [-0.3, -0.25) is 0 Å². The number of nitrogens with one attached hydrogen (secondary N) is 2. The lowest BCUT2D eigenvalue weighted by Crippen LogP contribution is -2.28. The van der Waals surface area contributed by atoms with Crippen molar-refractivity contribution in [1.29, 1.82) is 0 Å². The van der Waals surface area contributed by atoms with E-state index in [-0.39, 0.29) is 13.2 Å². The van der Waals surface area contributed by atoms with Gasteiger partial charge in [-0.25, -0.2) is 4.39 Å². The van der Waals surface area contributed by atoms with Crippen LogP contribution in [0, 0.1) is 5.82 Å². The fourth-order valence-corrected chi connectivity index (χ4v) is 2.93. The van der Waals surface area contributed by atoms with E-state index < -0.39 is 5.82 Å². The predicted octanol–water partition coefficient (Wildman–Crippen LogP) is 3.78. The summed E-state index contributed by atoms with van der Waals surface area (Å²) in [4.78, 5) is 0. The average molecular weight is 431 g/mol. The third-order valence-electron chi connectivity index (χ3n) is 3.89. The van der Waals surface area contributed by atoms with Crippen molar-refractivity contribution in [2.75, 3.05) is 32.8 Å². The van der Waals surface area contributed by atoms with Gasteiger partial charge in [-0.15, -0.1) is 0 Å². The summed E-state index contributed by atoms with van der Waals surface area (Å²) in [6.07, 6.45) is 0. The lowest BCUT2D eigenvalue weighted by atomic mass is 10.2. The fraction of sp³-hybridized carbons (Fsp3) is 0.400. The van der Waals surface area contributed by atoms with Crippen LogP contribution in [0.15, 0.2) is 30.3 Å². The number of benzene rings is 2. The molecule has 0 unspecified atom stereocenters. The van der Waals surface area contributed by atoms with Crippen molar-refractivity contribution in [3.05, 3.63) is 57.3 Å². The first-order valence-corrected chi connectivity index (χ1v) is 9.85. The van der Waals surface area contributed by atoms with E-state index >= 15 is 0 Å². The molecule has 2 rings (SSSR count). The molecule has 0 fully saturated rings. The third kappa shape index (κ3) is 7.11. The molecule has 0 amide bonds. The molecule has 154 valence electrons. The fourth-order valence-electron chi connectivity index (χ4n) is 2.49. The van der Waals surface area contributed by atoms with Crippen molar-refractivity contribution in [2.24, 2.45) is 0 Å². The van der Waals surface area contributed by atoms with Crippen molar-refractivity contribution >= 4 is 23.2 Å². The van der Waals surface area contributed by atoms with Gasteiger partial charge in [-0.05, 0) is 30.7 Å². The summed E-state index contributed by atoms with van der Waals surface area (Å²) >= 11 is 12.4. The van der Waals surface area contributed by atoms with Crippen LogP contribution in [-0.4, -0.2) is 38.0 Å². The zero-order chi connectivity index (χ0) is 20.4. The van der Waals surface area contributed by atoms with Gasteiger partial charge in [0.1, 0.15) is 12.4 Å². The van der Waals surface area contributed by atoms with Crippen LogP contribution < -0.4 is 20.1 Å². The minimum Gasteiger partial charge on any atom is -0.490 e. The smallest absolute Gasteiger partial charge is 0.163 e. The molecule has 3 N–H and O–H groups in total. The maximum Gasteiger partial charge on any atom is 0.163 e. The Morgan fingerprint density at radius 2 is 1.64 bits per heavy atom. The van der Waals surface area contributed by atoms with Gasteiger partial charge >= 0.3 is 0 Å². The van der Waals surface area contributed by atoms with Gasteiger partial charge in [0.25, 0.3) is 0 Å². The second-order valence-corrected chi connectivity index (χ2v) is 6.81. The van der Waals surface area contributed by atoms with Crippen LogP contribution in [0.5, 0.6) is 11.5 Å². The molecule has 0 aliphatic heterocycles. The topological polar surface area (TPSA) is 62.8 Å². The molecule has 0 bridgehead atoms. The third-order valence-corrected chi connectivity index (χ3v) is 4.60. The molecule has 0 saturated carbocycles. The molecule has 5 nitrogen and oxygen atoms in total. The van der Waals surface area contributed by atoms with E-state index in [0.29, 0.717) is 46.8 Å². The van der Waals surface area contributed by atoms with Gasteiger partial charge in [-0.1, -0.05) is 29.3 Å². The zero-order valence-corrected chi connectivity index (χ0v) is 17.2. The Kier molecular flexibility index (Phi) is 9.81. The monoisotopic (exact) mass is 430 g/mol. The van der Waals surface area contributed by atoms with Crippen LogP contribution in [0.4, 0.5) is 4.39 Å². The van der Waals surface area contributed by atoms with Crippen LogP contribution >= 0.6 is 23.2 Å². The van der Waals surface area contributed by atoms with Crippen LogP contribution in [0.25, 0.3) is 0 Å². The number of hydrogen-bond acceptors (Lipinski definition) is 5. The summed E-state index contributed by atoms with van der Waals surface area (Å²) in [6, 6.07) is 7.74. The molecule has 2 aromatic rings. The Labute approximate surface area is 174 Å². The molecular formula is C20H25Cl2FN2O3. The first-order chi connectivity index (χ1) is 13.5. The molecule has 0 heterocycles. The molecule has 0 atom stereocenters. The minimum atomic E-state index is -0.393. The number of ether oxygens (including phenoxy) is 2. The van der Waals surface area contributed by atoms with Crippen LogP contribution in [0.3, 0.4) is 0 Å². The molecule has 0 aromatic heterocycles. The van der Waals surface area contributed by atoms with Gasteiger partial charge < -0.3 is 25.2 Å². The highest BCUT2D eigenvalue weighted by molar-refractivity contribution is 6.31. The van der Waals surface area contributed by atoms with Gasteiger partial charge in [0.05, 0.1) is 18.2 Å². The minimum absolute atomic E-state index is 0.119. The summed E-state index contributed by atoms with van der Waals surface area (Å²) in [5.41, 5.74) is 1.56. The molecule has 0 saturated heterocycles. The Morgan fingerprint density at radius 1 is 0.929 bits per heavy atom. The SMILES string of the molecule is CCOc1cc(CNCCNCCO)c(Cl)cc1OCc1ccc(F)cc1Cl. The molecule has 0 spiro atoms. The highest BCUT2D eigenvalue weighted by Crippen LogP contribution is 2.34. The highest BCUT2D eigenvalue weighted by atomic mass is 35.5. The molecule has 28 heavy (non-hydrogen) atoms. The Morgan fingerprint density at radius 3 is 2.36 bits per heavy atom. The Bertz CT molecular complexity index is 762. The van der Waals surface area contributed by atoms with E-state index in [1.807, 2.05) is 13.0 Å². The standard InChI is InChI=1S/C20H25Cl2FN2O3/c1-2-27-19-9-15(12-25-6-5-24-7-8-26)18(22)11-20(19)28-13-14-3-4-16(23)10-17(14)21/h3-4,9-11,24-26H,2,5-8,12-13H2,1H3. The van der Waals surface area contributed by atoms with Crippen LogP contribution in [0.2, 0.25) is 10.0 Å². The molecule has 0 aliphatic rings. The molecule has 8 heteroatoms. The van der Waals surface area contributed by atoms with Gasteiger partial charge in [0.15, 0.2) is 11.5 Å².